The maximum absolute atomic E-state index is 5.15. The molecule has 0 amide bonds. The number of nitrogens with zero attached hydrogens (tertiary/aromatic N) is 1. The zero-order chi connectivity index (χ0) is 6.55. The molecule has 0 spiro atoms. The molecule has 0 aromatic carbocycles. The molecule has 0 aromatic rings. The Balaban J connectivity index is 2.24. The van der Waals surface area contributed by atoms with Gasteiger partial charge in [0.25, 0.3) is 0 Å². The summed E-state index contributed by atoms with van der Waals surface area (Å²) in [5.41, 5.74) is 2.55. The van der Waals surface area contributed by atoms with Crippen molar-refractivity contribution in [1.82, 2.24) is 0 Å². The van der Waals surface area contributed by atoms with Crippen LogP contribution in [-0.4, -0.2) is 12.8 Å². The van der Waals surface area contributed by atoms with Crippen LogP contribution in [0.1, 0.15) is 0 Å². The van der Waals surface area contributed by atoms with Gasteiger partial charge < -0.3 is 4.74 Å². The molecule has 3 rings (SSSR count). The second-order valence-electron chi connectivity index (χ2n) is 2.53. The van der Waals surface area contributed by atoms with Gasteiger partial charge in [0.05, 0.1) is 6.54 Å². The molecule has 0 saturated carbocycles. The maximum Gasteiger partial charge on any atom is 0.175 e. The lowest BCUT2D eigenvalue weighted by Crippen LogP contribution is -1.96. The minimum absolute atomic E-state index is 0.793. The molecular weight excluding hydrogens is 126 g/mol. The average Bonchev–Trinajstić information content (AvgIpc) is 2.64. The normalized spacial score (nSPS) is 24.8. The smallest absolute Gasteiger partial charge is 0.175 e. The molecule has 1 aliphatic carbocycles. The third-order valence-corrected chi connectivity index (χ3v) is 1.91. The fourth-order valence-electron chi connectivity index (χ4n) is 1.34. The minimum atomic E-state index is 0.793. The fourth-order valence-corrected chi connectivity index (χ4v) is 1.34. The molecular formula is C8H5NO. The van der Waals surface area contributed by atoms with E-state index in [1.165, 1.54) is 11.1 Å². The Morgan fingerprint density at radius 2 is 2.50 bits per heavy atom. The van der Waals surface area contributed by atoms with Gasteiger partial charge in [-0.25, -0.2) is 0 Å². The van der Waals surface area contributed by atoms with Gasteiger partial charge in [-0.05, 0) is 17.7 Å². The lowest BCUT2D eigenvalue weighted by atomic mass is 10.1. The van der Waals surface area contributed by atoms with Crippen molar-refractivity contribution in [2.75, 3.05) is 6.54 Å². The van der Waals surface area contributed by atoms with Crippen molar-refractivity contribution in [3.63, 3.8) is 0 Å². The molecule has 10 heavy (non-hydrogen) atoms. The van der Waals surface area contributed by atoms with Gasteiger partial charge in [-0.15, -0.1) is 0 Å². The monoisotopic (exact) mass is 131 g/mol. The van der Waals surface area contributed by atoms with E-state index in [0.717, 1.165) is 18.1 Å². The summed E-state index contributed by atoms with van der Waals surface area (Å²) >= 11 is 0. The molecule has 0 N–H and O–H groups in total. The number of ether oxygens (including phenoxy) is 1. The van der Waals surface area contributed by atoms with Crippen molar-refractivity contribution in [2.24, 2.45) is 4.99 Å². The van der Waals surface area contributed by atoms with Crippen LogP contribution in [0.15, 0.2) is 39.8 Å². The Hall–Kier alpha value is -1.31. The number of allylic oxidation sites excluding steroid dienone is 2. The van der Waals surface area contributed by atoms with Crippen LogP contribution in [0.2, 0.25) is 0 Å². The second-order valence-corrected chi connectivity index (χ2v) is 2.53. The Morgan fingerprint density at radius 1 is 1.50 bits per heavy atom. The highest BCUT2D eigenvalue weighted by atomic mass is 16.6. The molecule has 0 bridgehead atoms. The first-order chi connectivity index (χ1) is 4.95. The van der Waals surface area contributed by atoms with E-state index >= 15 is 0 Å². The predicted octanol–water partition coefficient (Wildman–Crippen LogP) is 1.18. The third-order valence-electron chi connectivity index (χ3n) is 1.91. The zero-order valence-corrected chi connectivity index (χ0v) is 5.29. The van der Waals surface area contributed by atoms with Crippen molar-refractivity contribution in [2.45, 2.75) is 0 Å². The first-order valence-electron chi connectivity index (χ1n) is 3.29. The molecule has 48 valence electrons. The summed E-state index contributed by atoms with van der Waals surface area (Å²) in [7, 11) is 0. The minimum Gasteiger partial charge on any atom is -0.449 e. The van der Waals surface area contributed by atoms with E-state index in [1.54, 1.807) is 0 Å². The molecule has 0 atom stereocenters. The van der Waals surface area contributed by atoms with E-state index in [1.807, 2.05) is 12.3 Å². The van der Waals surface area contributed by atoms with Crippen LogP contribution >= 0.6 is 0 Å². The van der Waals surface area contributed by atoms with Crippen LogP contribution < -0.4 is 0 Å². The molecule has 2 aliphatic heterocycles. The number of hydrogen-bond acceptors (Lipinski definition) is 2. The van der Waals surface area contributed by atoms with E-state index in [2.05, 4.69) is 11.1 Å². The molecule has 0 aromatic heterocycles. The van der Waals surface area contributed by atoms with Gasteiger partial charge in [-0.1, -0.05) is 0 Å². The molecule has 1 fully saturated rings. The number of fused-ring (bicyclic) bond motifs is 2. The molecule has 2 heteroatoms. The summed E-state index contributed by atoms with van der Waals surface area (Å²) in [5.74, 6) is 2.12. The number of rotatable bonds is 0. The standard InChI is InChI=1S/C8H5NO/c1-2-9-4-6-5(1)3-7-8(6)10-7/h1-3H,4H2. The van der Waals surface area contributed by atoms with Crippen LogP contribution in [0.5, 0.6) is 0 Å². The average molecular weight is 131 g/mol. The van der Waals surface area contributed by atoms with Gasteiger partial charge >= 0.3 is 0 Å². The molecule has 0 unspecified atom stereocenters. The van der Waals surface area contributed by atoms with Gasteiger partial charge in [0.1, 0.15) is 0 Å². The van der Waals surface area contributed by atoms with E-state index in [9.17, 15) is 0 Å². The Bertz CT molecular complexity index is 331. The highest BCUT2D eigenvalue weighted by Crippen LogP contribution is 2.45. The van der Waals surface area contributed by atoms with Crippen molar-refractivity contribution in [3.8, 4) is 0 Å². The largest absolute Gasteiger partial charge is 0.449 e. The van der Waals surface area contributed by atoms with E-state index in [-0.39, 0.29) is 0 Å². The Labute approximate surface area is 58.2 Å². The first kappa shape index (κ1) is 4.50. The van der Waals surface area contributed by atoms with Gasteiger partial charge in [-0.3, -0.25) is 4.99 Å². The first-order valence-corrected chi connectivity index (χ1v) is 3.29. The molecule has 3 aliphatic rings. The summed E-state index contributed by atoms with van der Waals surface area (Å²) in [6.07, 6.45) is 5.94. The third kappa shape index (κ3) is 0.386. The summed E-state index contributed by atoms with van der Waals surface area (Å²) in [5, 5.41) is 0. The summed E-state index contributed by atoms with van der Waals surface area (Å²) in [6, 6.07) is 0. The maximum atomic E-state index is 5.15. The van der Waals surface area contributed by atoms with Gasteiger partial charge in [0.15, 0.2) is 11.5 Å². The number of epoxide rings is 1. The lowest BCUT2D eigenvalue weighted by molar-refractivity contribution is 0.545. The van der Waals surface area contributed by atoms with Gasteiger partial charge in [0, 0.05) is 11.8 Å². The molecule has 2 nitrogen and oxygen atoms in total. The lowest BCUT2D eigenvalue weighted by Gasteiger charge is -2.03. The Morgan fingerprint density at radius 3 is 3.40 bits per heavy atom. The fraction of sp³-hybridized carbons (Fsp3) is 0.125. The Kier molecular flexibility index (Phi) is 0.556. The molecule has 2 heterocycles. The van der Waals surface area contributed by atoms with Crippen LogP contribution in [-0.2, 0) is 4.74 Å². The number of hydrogen-bond donors (Lipinski definition) is 0. The van der Waals surface area contributed by atoms with Crippen molar-refractivity contribution in [3.05, 3.63) is 34.8 Å². The molecule has 1 saturated heterocycles. The highest BCUT2D eigenvalue weighted by Gasteiger charge is 2.36. The van der Waals surface area contributed by atoms with E-state index in [0.29, 0.717) is 0 Å². The highest BCUT2D eigenvalue weighted by molar-refractivity contribution is 5.80. The summed E-state index contributed by atoms with van der Waals surface area (Å²) < 4.78 is 5.15. The van der Waals surface area contributed by atoms with Crippen LogP contribution in [0.3, 0.4) is 0 Å². The molecule has 0 radical (unpaired) electrons. The van der Waals surface area contributed by atoms with E-state index < -0.39 is 0 Å². The summed E-state index contributed by atoms with van der Waals surface area (Å²) in [4.78, 5) is 4.12. The van der Waals surface area contributed by atoms with Crippen molar-refractivity contribution < 1.29 is 4.74 Å². The van der Waals surface area contributed by atoms with Gasteiger partial charge in [0.2, 0.25) is 0 Å². The van der Waals surface area contributed by atoms with Gasteiger partial charge in [-0.2, -0.15) is 0 Å². The second kappa shape index (κ2) is 1.24. The van der Waals surface area contributed by atoms with Crippen molar-refractivity contribution in [1.29, 1.82) is 0 Å². The van der Waals surface area contributed by atoms with Crippen molar-refractivity contribution >= 4 is 6.21 Å². The van der Waals surface area contributed by atoms with Crippen LogP contribution in [0, 0.1) is 0 Å². The zero-order valence-electron chi connectivity index (χ0n) is 5.29. The summed E-state index contributed by atoms with van der Waals surface area (Å²) in [6.45, 7) is 0.793. The predicted molar refractivity (Wildman–Crippen MR) is 37.6 cm³/mol. The quantitative estimate of drug-likeness (QED) is 0.453. The number of aliphatic imine (C=N–C) groups is 1. The van der Waals surface area contributed by atoms with E-state index in [4.69, 9.17) is 4.74 Å². The number of dihydropyridines is 1. The van der Waals surface area contributed by atoms with Crippen LogP contribution in [0.4, 0.5) is 0 Å². The topological polar surface area (TPSA) is 24.9 Å². The SMILES string of the molecule is C1=NCC2=C3OC3=CC2=C1. The van der Waals surface area contributed by atoms with Crippen LogP contribution in [0.25, 0.3) is 0 Å².